The number of fused-ring (bicyclic) bond motifs is 2. The zero-order valence-electron chi connectivity index (χ0n) is 16.5. The number of nitrogens with zero attached hydrogens (tertiary/aromatic N) is 4. The minimum atomic E-state index is -3.97. The van der Waals surface area contributed by atoms with Gasteiger partial charge in [-0.1, -0.05) is 43.5 Å². The summed E-state index contributed by atoms with van der Waals surface area (Å²) in [4.78, 5) is 21.7. The predicted octanol–water partition coefficient (Wildman–Crippen LogP) is 2.94. The number of nitrogen functional groups attached to an aromatic ring is 1. The third kappa shape index (κ3) is 2.92. The van der Waals surface area contributed by atoms with E-state index >= 15 is 0 Å². The summed E-state index contributed by atoms with van der Waals surface area (Å²) in [7, 11) is -3.97. The van der Waals surface area contributed by atoms with Gasteiger partial charge in [0.2, 0.25) is 15.9 Å². The van der Waals surface area contributed by atoms with Crippen molar-refractivity contribution >= 4 is 32.9 Å². The topological polar surface area (TPSA) is 111 Å². The number of carbonyl (C=O) groups is 1. The summed E-state index contributed by atoms with van der Waals surface area (Å²) < 4.78 is 29.9. The van der Waals surface area contributed by atoms with Crippen molar-refractivity contribution in [2.75, 3.05) is 5.73 Å². The van der Waals surface area contributed by atoms with Crippen LogP contribution < -0.4 is 5.73 Å². The first-order valence-electron chi connectivity index (χ1n) is 10.2. The van der Waals surface area contributed by atoms with Gasteiger partial charge >= 0.3 is 0 Å². The van der Waals surface area contributed by atoms with Crippen molar-refractivity contribution in [3.63, 3.8) is 0 Å². The molecule has 0 amide bonds. The van der Waals surface area contributed by atoms with Crippen molar-refractivity contribution in [1.82, 2.24) is 18.8 Å². The van der Waals surface area contributed by atoms with Gasteiger partial charge in [-0.25, -0.2) is 23.0 Å². The summed E-state index contributed by atoms with van der Waals surface area (Å²) in [6, 6.07) is 7.63. The Labute approximate surface area is 174 Å². The van der Waals surface area contributed by atoms with Crippen LogP contribution in [0.15, 0.2) is 41.6 Å². The maximum Gasteiger partial charge on any atom is 0.249 e. The number of nitrogens with two attached hydrogens (primary N) is 1. The maximum atomic E-state index is 13.6. The highest BCUT2D eigenvalue weighted by Crippen LogP contribution is 2.37. The molecule has 1 aliphatic carbocycles. The van der Waals surface area contributed by atoms with Gasteiger partial charge in [0, 0.05) is 31.4 Å². The smallest absolute Gasteiger partial charge is 0.249 e. The molecule has 0 atom stereocenters. The van der Waals surface area contributed by atoms with E-state index in [1.165, 1.54) is 21.3 Å². The highest BCUT2D eigenvalue weighted by Gasteiger charge is 2.38. The summed E-state index contributed by atoms with van der Waals surface area (Å²) in [5.41, 5.74) is 8.63. The summed E-state index contributed by atoms with van der Waals surface area (Å²) >= 11 is 0. The first-order valence-corrected chi connectivity index (χ1v) is 11.6. The molecule has 0 saturated heterocycles. The van der Waals surface area contributed by atoms with Crippen LogP contribution in [-0.2, 0) is 23.1 Å². The van der Waals surface area contributed by atoms with Crippen LogP contribution in [0.25, 0.3) is 11.2 Å². The van der Waals surface area contributed by atoms with E-state index in [-0.39, 0.29) is 46.8 Å². The lowest BCUT2D eigenvalue weighted by molar-refractivity contribution is 0.0809. The monoisotopic (exact) mass is 425 g/mol. The lowest BCUT2D eigenvalue weighted by atomic mass is 9.88. The highest BCUT2D eigenvalue weighted by atomic mass is 32.2. The van der Waals surface area contributed by atoms with Gasteiger partial charge in [0.25, 0.3) is 0 Å². The Kier molecular flexibility index (Phi) is 4.59. The molecule has 1 aromatic carbocycles. The Morgan fingerprint density at radius 2 is 1.63 bits per heavy atom. The average molecular weight is 426 g/mol. The summed E-state index contributed by atoms with van der Waals surface area (Å²) in [6.07, 6.45) is 7.52. The molecule has 0 radical (unpaired) electrons. The number of carbonyl (C=O) groups excluding carboxylic acids is 1. The Balaban J connectivity index is 1.62. The van der Waals surface area contributed by atoms with Crippen LogP contribution in [0.2, 0.25) is 0 Å². The van der Waals surface area contributed by atoms with E-state index in [4.69, 9.17) is 5.73 Å². The van der Waals surface area contributed by atoms with E-state index < -0.39 is 10.0 Å². The Hall–Kier alpha value is -2.78. The van der Waals surface area contributed by atoms with Crippen LogP contribution in [-0.4, -0.2) is 33.2 Å². The normalized spacial score (nSPS) is 18.0. The molecule has 0 bridgehead atoms. The molecule has 0 unspecified atom stereocenters. The third-order valence-corrected chi connectivity index (χ3v) is 8.02. The first kappa shape index (κ1) is 19.2. The number of hydrogen-bond acceptors (Lipinski definition) is 6. The molecule has 8 nitrogen and oxygen atoms in total. The molecule has 9 heteroatoms. The van der Waals surface area contributed by atoms with E-state index in [0.717, 1.165) is 43.2 Å². The zero-order chi connectivity index (χ0) is 20.9. The zero-order valence-corrected chi connectivity index (χ0v) is 17.3. The fourth-order valence-electron chi connectivity index (χ4n) is 4.60. The first-order chi connectivity index (χ1) is 14.5. The minimum Gasteiger partial charge on any atom is -0.383 e. The number of benzene rings is 1. The van der Waals surface area contributed by atoms with Crippen LogP contribution >= 0.6 is 0 Å². The van der Waals surface area contributed by atoms with Gasteiger partial charge < -0.3 is 5.73 Å². The SMILES string of the molecule is Nc1c(S(=O)(=O)N2Cc3ccccc3C2)c2nccnc2n1C(=O)C1CCCCC1. The van der Waals surface area contributed by atoms with Gasteiger partial charge in [-0.3, -0.25) is 4.79 Å². The van der Waals surface area contributed by atoms with Gasteiger partial charge in [0.05, 0.1) is 0 Å². The lowest BCUT2D eigenvalue weighted by Crippen LogP contribution is -2.28. The second-order valence-corrected chi connectivity index (χ2v) is 9.87. The van der Waals surface area contributed by atoms with Crippen molar-refractivity contribution < 1.29 is 13.2 Å². The van der Waals surface area contributed by atoms with E-state index in [9.17, 15) is 13.2 Å². The molecule has 2 aromatic heterocycles. The third-order valence-electron chi connectivity index (χ3n) is 6.16. The fraction of sp³-hybridized carbons (Fsp3) is 0.381. The minimum absolute atomic E-state index is 0.0947. The molecule has 2 aliphatic rings. The molecule has 1 aliphatic heterocycles. The second-order valence-electron chi connectivity index (χ2n) is 7.99. The average Bonchev–Trinajstić information content (AvgIpc) is 3.33. The van der Waals surface area contributed by atoms with Crippen LogP contribution in [0.5, 0.6) is 0 Å². The van der Waals surface area contributed by atoms with Crippen LogP contribution in [0, 0.1) is 5.92 Å². The molecule has 3 heterocycles. The molecule has 30 heavy (non-hydrogen) atoms. The van der Waals surface area contributed by atoms with Crippen molar-refractivity contribution in [1.29, 1.82) is 0 Å². The van der Waals surface area contributed by atoms with Crippen molar-refractivity contribution in [2.45, 2.75) is 50.1 Å². The van der Waals surface area contributed by atoms with Crippen LogP contribution in [0.3, 0.4) is 0 Å². The molecular weight excluding hydrogens is 402 g/mol. The molecular formula is C21H23N5O3S. The molecule has 0 spiro atoms. The van der Waals surface area contributed by atoms with Gasteiger partial charge in [0.15, 0.2) is 10.5 Å². The summed E-state index contributed by atoms with van der Waals surface area (Å²) in [5.74, 6) is -0.461. The van der Waals surface area contributed by atoms with Crippen molar-refractivity contribution in [3.05, 3.63) is 47.8 Å². The predicted molar refractivity (Wildman–Crippen MR) is 112 cm³/mol. The number of anilines is 1. The molecule has 2 N–H and O–H groups in total. The number of rotatable bonds is 3. The maximum absolute atomic E-state index is 13.6. The van der Waals surface area contributed by atoms with Crippen molar-refractivity contribution in [3.8, 4) is 0 Å². The quantitative estimate of drug-likeness (QED) is 0.691. The summed E-state index contributed by atoms with van der Waals surface area (Å²) in [5, 5.41) is 0. The van der Waals surface area contributed by atoms with Gasteiger partial charge in [-0.15, -0.1) is 0 Å². The Morgan fingerprint density at radius 3 is 2.30 bits per heavy atom. The Bertz CT molecular complexity index is 1220. The molecule has 1 saturated carbocycles. The number of sulfonamides is 1. The van der Waals surface area contributed by atoms with Gasteiger partial charge in [-0.05, 0) is 24.0 Å². The van der Waals surface area contributed by atoms with Crippen molar-refractivity contribution in [2.24, 2.45) is 5.92 Å². The number of hydrogen-bond donors (Lipinski definition) is 1. The fourth-order valence-corrected chi connectivity index (χ4v) is 6.22. The molecule has 5 rings (SSSR count). The van der Waals surface area contributed by atoms with Crippen LogP contribution in [0.4, 0.5) is 5.82 Å². The molecule has 156 valence electrons. The number of aromatic nitrogens is 3. The van der Waals surface area contributed by atoms with E-state index in [0.29, 0.717) is 0 Å². The standard InChI is InChI=1S/C21H23N5O3S/c22-19-18(30(28,29)25-12-15-8-4-5-9-16(15)13-25)17-20(24-11-10-23-17)26(19)21(27)14-6-2-1-3-7-14/h4-5,8-11,14H,1-3,6-7,12-13,22H2. The lowest BCUT2D eigenvalue weighted by Gasteiger charge is -2.21. The van der Waals surface area contributed by atoms with Gasteiger partial charge in [-0.2, -0.15) is 4.31 Å². The second kappa shape index (κ2) is 7.17. The Morgan fingerprint density at radius 1 is 1.00 bits per heavy atom. The van der Waals surface area contributed by atoms with E-state index in [1.807, 2.05) is 24.3 Å². The summed E-state index contributed by atoms with van der Waals surface area (Å²) in [6.45, 7) is 0.531. The highest BCUT2D eigenvalue weighted by molar-refractivity contribution is 7.89. The molecule has 1 fully saturated rings. The van der Waals surface area contributed by atoms with Crippen LogP contribution in [0.1, 0.15) is 48.0 Å². The van der Waals surface area contributed by atoms with E-state index in [1.54, 1.807) is 0 Å². The van der Waals surface area contributed by atoms with E-state index in [2.05, 4.69) is 9.97 Å². The largest absolute Gasteiger partial charge is 0.383 e. The van der Waals surface area contributed by atoms with Gasteiger partial charge in [0.1, 0.15) is 11.3 Å². The molecule has 3 aromatic rings.